The van der Waals surface area contributed by atoms with Crippen LogP contribution in [-0.4, -0.2) is 43.7 Å². The Labute approximate surface area is 173 Å². The second kappa shape index (κ2) is 7.42. The van der Waals surface area contributed by atoms with Crippen LogP contribution >= 0.6 is 0 Å². The molecule has 4 nitrogen and oxygen atoms in total. The molecule has 1 aliphatic heterocycles. The van der Waals surface area contributed by atoms with Gasteiger partial charge in [-0.25, -0.2) is 0 Å². The van der Waals surface area contributed by atoms with Crippen LogP contribution in [0, 0.1) is 5.92 Å². The molecule has 1 aromatic heterocycles. The molecular weight excluding hydrogens is 360 g/mol. The van der Waals surface area contributed by atoms with Gasteiger partial charge in [-0.2, -0.15) is 0 Å². The van der Waals surface area contributed by atoms with Crippen molar-refractivity contribution in [2.75, 3.05) is 31.6 Å². The first-order valence-corrected chi connectivity index (χ1v) is 10.8. The average Bonchev–Trinajstić information content (AvgIpc) is 3.48. The van der Waals surface area contributed by atoms with E-state index in [1.807, 2.05) is 18.2 Å². The number of piperazine rings is 1. The minimum absolute atomic E-state index is 0.440. The Morgan fingerprint density at radius 1 is 1.00 bits per heavy atom. The lowest BCUT2D eigenvalue weighted by molar-refractivity contribution is 0.159. The third-order valence-electron chi connectivity index (χ3n) is 6.49. The van der Waals surface area contributed by atoms with E-state index in [4.69, 9.17) is 9.15 Å². The Balaban J connectivity index is 1.56. The number of hydrogen-bond donors (Lipinski definition) is 0. The third kappa shape index (κ3) is 3.51. The van der Waals surface area contributed by atoms with Crippen molar-refractivity contribution in [2.24, 2.45) is 5.92 Å². The number of furan rings is 1. The van der Waals surface area contributed by atoms with E-state index in [0.29, 0.717) is 12.1 Å². The summed E-state index contributed by atoms with van der Waals surface area (Å²) in [6, 6.07) is 17.6. The van der Waals surface area contributed by atoms with E-state index in [-0.39, 0.29) is 0 Å². The van der Waals surface area contributed by atoms with Crippen molar-refractivity contribution in [3.63, 3.8) is 0 Å². The van der Waals surface area contributed by atoms with E-state index >= 15 is 0 Å². The van der Waals surface area contributed by atoms with E-state index in [9.17, 15) is 0 Å². The lowest BCUT2D eigenvalue weighted by Gasteiger charge is -2.45. The molecule has 4 heteroatoms. The molecule has 2 heterocycles. The lowest BCUT2D eigenvalue weighted by atomic mass is 10.0. The molecule has 2 aliphatic rings. The van der Waals surface area contributed by atoms with E-state index in [1.165, 1.54) is 30.5 Å². The first-order chi connectivity index (χ1) is 14.1. The molecule has 1 aliphatic carbocycles. The average molecular weight is 391 g/mol. The van der Waals surface area contributed by atoms with Gasteiger partial charge in [-0.15, -0.1) is 0 Å². The summed E-state index contributed by atoms with van der Waals surface area (Å²) in [6.07, 6.45) is 2.82. The summed E-state index contributed by atoms with van der Waals surface area (Å²) in [6.45, 7) is 8.11. The molecule has 0 amide bonds. The summed E-state index contributed by atoms with van der Waals surface area (Å²) < 4.78 is 11.9. The first kappa shape index (κ1) is 18.6. The van der Waals surface area contributed by atoms with E-state index in [0.717, 1.165) is 41.7 Å². The molecule has 0 N–H and O–H groups in total. The standard InChI is InChI=1S/C25H30N2O2/c1-17-15-27(18(2)14-26(17)16-19-11-12-19)24-22-9-4-5-10-23(22)29-25(24)20-7-6-8-21(13-20)28-3/h4-10,13,17-19H,11-12,14-16H2,1-3H3/t17-,18+/m1/s1. The maximum absolute atomic E-state index is 6.41. The van der Waals surface area contributed by atoms with Crippen LogP contribution < -0.4 is 9.64 Å². The number of hydrogen-bond acceptors (Lipinski definition) is 4. The van der Waals surface area contributed by atoms with Gasteiger partial charge in [-0.05, 0) is 56.9 Å². The molecule has 2 fully saturated rings. The zero-order valence-corrected chi connectivity index (χ0v) is 17.6. The number of methoxy groups -OCH3 is 1. The number of ether oxygens (including phenoxy) is 1. The molecule has 0 spiro atoms. The van der Waals surface area contributed by atoms with Gasteiger partial charge in [-0.1, -0.05) is 24.3 Å². The second-order valence-electron chi connectivity index (χ2n) is 8.76. The highest BCUT2D eigenvalue weighted by molar-refractivity contribution is 5.99. The van der Waals surface area contributed by atoms with E-state index < -0.39 is 0 Å². The van der Waals surface area contributed by atoms with Crippen molar-refractivity contribution >= 4 is 16.7 Å². The van der Waals surface area contributed by atoms with E-state index in [2.05, 4.69) is 54.0 Å². The lowest BCUT2D eigenvalue weighted by Crippen LogP contribution is -2.57. The van der Waals surface area contributed by atoms with Crippen molar-refractivity contribution in [3.8, 4) is 17.1 Å². The molecule has 1 saturated heterocycles. The number of fused-ring (bicyclic) bond motifs is 1. The fraction of sp³-hybridized carbons (Fsp3) is 0.440. The maximum Gasteiger partial charge on any atom is 0.158 e. The summed E-state index contributed by atoms with van der Waals surface area (Å²) in [5.74, 6) is 2.72. The quantitative estimate of drug-likeness (QED) is 0.582. The number of nitrogens with zero attached hydrogens (tertiary/aromatic N) is 2. The number of anilines is 1. The fourth-order valence-electron chi connectivity index (χ4n) is 4.67. The molecular formula is C25H30N2O2. The zero-order chi connectivity index (χ0) is 20.0. The van der Waals surface area contributed by atoms with Crippen LogP contribution in [0.25, 0.3) is 22.3 Å². The fourth-order valence-corrected chi connectivity index (χ4v) is 4.67. The van der Waals surface area contributed by atoms with E-state index in [1.54, 1.807) is 7.11 Å². The Kier molecular flexibility index (Phi) is 4.75. The van der Waals surface area contributed by atoms with Crippen molar-refractivity contribution in [1.82, 2.24) is 4.90 Å². The van der Waals surface area contributed by atoms with Crippen LogP contribution in [0.3, 0.4) is 0 Å². The highest BCUT2D eigenvalue weighted by Crippen LogP contribution is 2.43. The monoisotopic (exact) mass is 390 g/mol. The summed E-state index contributed by atoms with van der Waals surface area (Å²) in [7, 11) is 1.71. The Bertz CT molecular complexity index is 1010. The van der Waals surface area contributed by atoms with Crippen molar-refractivity contribution < 1.29 is 9.15 Å². The van der Waals surface area contributed by atoms with Gasteiger partial charge in [0.2, 0.25) is 0 Å². The minimum atomic E-state index is 0.440. The van der Waals surface area contributed by atoms with Crippen LogP contribution in [0.2, 0.25) is 0 Å². The number of benzene rings is 2. The summed E-state index contributed by atoms with van der Waals surface area (Å²) in [4.78, 5) is 5.25. The van der Waals surface area contributed by atoms with Gasteiger partial charge in [0.1, 0.15) is 11.3 Å². The van der Waals surface area contributed by atoms with Crippen LogP contribution in [0.4, 0.5) is 5.69 Å². The largest absolute Gasteiger partial charge is 0.497 e. The summed E-state index contributed by atoms with van der Waals surface area (Å²) >= 11 is 0. The molecule has 1 saturated carbocycles. The van der Waals surface area contributed by atoms with Crippen molar-refractivity contribution in [3.05, 3.63) is 48.5 Å². The smallest absolute Gasteiger partial charge is 0.158 e. The van der Waals surface area contributed by atoms with Gasteiger partial charge in [0.05, 0.1) is 12.8 Å². The van der Waals surface area contributed by atoms with Crippen LogP contribution in [-0.2, 0) is 0 Å². The minimum Gasteiger partial charge on any atom is -0.497 e. The maximum atomic E-state index is 6.41. The van der Waals surface area contributed by atoms with Gasteiger partial charge in [-0.3, -0.25) is 4.90 Å². The summed E-state index contributed by atoms with van der Waals surface area (Å²) in [5, 5.41) is 1.19. The van der Waals surface area contributed by atoms with Crippen LogP contribution in [0.15, 0.2) is 52.9 Å². The highest BCUT2D eigenvalue weighted by Gasteiger charge is 2.35. The molecule has 5 rings (SSSR count). The van der Waals surface area contributed by atoms with Gasteiger partial charge in [0.15, 0.2) is 5.76 Å². The van der Waals surface area contributed by atoms with Crippen molar-refractivity contribution in [1.29, 1.82) is 0 Å². The van der Waals surface area contributed by atoms with Gasteiger partial charge in [0, 0.05) is 42.7 Å². The molecule has 2 aromatic carbocycles. The van der Waals surface area contributed by atoms with Crippen molar-refractivity contribution in [2.45, 2.75) is 38.8 Å². The topological polar surface area (TPSA) is 28.9 Å². The molecule has 152 valence electrons. The zero-order valence-electron chi connectivity index (χ0n) is 17.6. The molecule has 0 unspecified atom stereocenters. The van der Waals surface area contributed by atoms with Crippen LogP contribution in [0.5, 0.6) is 5.75 Å². The molecule has 2 atom stereocenters. The molecule has 3 aromatic rings. The summed E-state index contributed by atoms with van der Waals surface area (Å²) in [5.41, 5.74) is 3.23. The van der Waals surface area contributed by atoms with Gasteiger partial charge < -0.3 is 14.1 Å². The molecule has 0 radical (unpaired) electrons. The Morgan fingerprint density at radius 3 is 2.62 bits per heavy atom. The third-order valence-corrected chi connectivity index (χ3v) is 6.49. The predicted octanol–water partition coefficient (Wildman–Crippen LogP) is 5.42. The molecule has 29 heavy (non-hydrogen) atoms. The predicted molar refractivity (Wildman–Crippen MR) is 119 cm³/mol. The highest BCUT2D eigenvalue weighted by atomic mass is 16.5. The second-order valence-corrected chi connectivity index (χ2v) is 8.76. The number of para-hydroxylation sites is 1. The van der Waals surface area contributed by atoms with Gasteiger partial charge >= 0.3 is 0 Å². The number of rotatable bonds is 5. The Hall–Kier alpha value is -2.46. The SMILES string of the molecule is COc1cccc(-c2oc3ccccc3c2N2C[C@@H](C)N(CC3CC3)C[C@@H]2C)c1. The van der Waals surface area contributed by atoms with Gasteiger partial charge in [0.25, 0.3) is 0 Å². The Morgan fingerprint density at radius 2 is 1.83 bits per heavy atom. The first-order valence-electron chi connectivity index (χ1n) is 10.8. The van der Waals surface area contributed by atoms with Crippen LogP contribution in [0.1, 0.15) is 26.7 Å². The normalized spacial score (nSPS) is 22.9. The molecule has 0 bridgehead atoms.